The van der Waals surface area contributed by atoms with Crippen molar-refractivity contribution in [2.75, 3.05) is 0 Å². The van der Waals surface area contributed by atoms with Crippen molar-refractivity contribution in [3.8, 4) is 23.0 Å². The predicted molar refractivity (Wildman–Crippen MR) is 140 cm³/mol. The first kappa shape index (κ1) is 25.2. The van der Waals surface area contributed by atoms with Gasteiger partial charge in [-0.25, -0.2) is 28.3 Å². The third kappa shape index (κ3) is 4.64. The van der Waals surface area contributed by atoms with Crippen LogP contribution >= 0.6 is 11.6 Å². The Balaban J connectivity index is 1.61. The van der Waals surface area contributed by atoms with Crippen LogP contribution in [-0.4, -0.2) is 48.4 Å². The molecule has 2 aliphatic rings. The Kier molecular flexibility index (Phi) is 6.55. The third-order valence-corrected chi connectivity index (χ3v) is 10.1. The Morgan fingerprint density at radius 3 is 2.53 bits per heavy atom. The van der Waals surface area contributed by atoms with Crippen LogP contribution in [0, 0.1) is 11.8 Å². The van der Waals surface area contributed by atoms with E-state index in [4.69, 9.17) is 16.0 Å². The zero-order chi connectivity index (χ0) is 26.4. The van der Waals surface area contributed by atoms with E-state index in [-0.39, 0.29) is 22.5 Å². The Morgan fingerprint density at radius 1 is 1.08 bits per heavy atom. The highest BCUT2D eigenvalue weighted by Gasteiger charge is 2.37. The number of pyridine rings is 1. The standard InChI is InChI=1S/C25H28ClN7O4S/c1-14-6-8-15(9-7-14)13-33-20-19(16-10-17(26)12-27-11-16)28-22(23-31-32-25(34)37-23)29-21(20)30-24(33)38(35,36)18-4-2-3-5-18/h10-12,14-15,18H,2-9,13H2,1H3,(H,32,34)/t14-,15-. The third-order valence-electron chi connectivity index (χ3n) is 7.75. The SMILES string of the molecule is C[C@H]1CC[C@H](Cn2c(S(=O)(=O)C3CCCC3)nc3nc(-c4n[nH]c(=O)o4)nc(-c4cncc(Cl)c4)c32)CC1. The van der Waals surface area contributed by atoms with Gasteiger partial charge in [-0.15, -0.1) is 5.10 Å². The Morgan fingerprint density at radius 2 is 1.84 bits per heavy atom. The lowest BCUT2D eigenvalue weighted by Gasteiger charge is -2.27. The minimum atomic E-state index is -3.73. The molecule has 0 unspecified atom stereocenters. The summed E-state index contributed by atoms with van der Waals surface area (Å²) in [5.74, 6) is 0.0950. The molecule has 2 fully saturated rings. The molecule has 0 aromatic carbocycles. The summed E-state index contributed by atoms with van der Waals surface area (Å²) in [5, 5.41) is 6.01. The van der Waals surface area contributed by atoms with Crippen molar-refractivity contribution in [3.05, 3.63) is 34.0 Å². The van der Waals surface area contributed by atoms with E-state index < -0.39 is 20.8 Å². The van der Waals surface area contributed by atoms with Crippen LogP contribution in [0.2, 0.25) is 5.02 Å². The molecule has 4 heterocycles. The minimum absolute atomic E-state index is 0.00628. The van der Waals surface area contributed by atoms with Crippen LogP contribution in [0.15, 0.2) is 32.8 Å². The maximum atomic E-state index is 13.9. The summed E-state index contributed by atoms with van der Waals surface area (Å²) in [4.78, 5) is 29.7. The van der Waals surface area contributed by atoms with Gasteiger partial charge >= 0.3 is 5.76 Å². The van der Waals surface area contributed by atoms with E-state index in [0.717, 1.165) is 38.5 Å². The second kappa shape index (κ2) is 9.88. The molecule has 0 saturated heterocycles. The van der Waals surface area contributed by atoms with Crippen LogP contribution in [0.4, 0.5) is 0 Å². The average Bonchev–Trinajstić information content (AvgIpc) is 3.66. The zero-order valence-corrected chi connectivity index (χ0v) is 22.5. The van der Waals surface area contributed by atoms with Gasteiger partial charge < -0.3 is 8.98 Å². The highest BCUT2D eigenvalue weighted by atomic mass is 35.5. The van der Waals surface area contributed by atoms with Crippen LogP contribution in [0.5, 0.6) is 0 Å². The number of aromatic nitrogens is 7. The summed E-state index contributed by atoms with van der Waals surface area (Å²) < 4.78 is 34.8. The van der Waals surface area contributed by atoms with Crippen molar-refractivity contribution < 1.29 is 12.8 Å². The average molecular weight is 558 g/mol. The number of imidazole rings is 1. The normalized spacial score (nSPS) is 20.9. The van der Waals surface area contributed by atoms with Gasteiger partial charge in [0.05, 0.1) is 10.3 Å². The summed E-state index contributed by atoms with van der Waals surface area (Å²) in [6.07, 6.45) is 10.3. The highest BCUT2D eigenvalue weighted by molar-refractivity contribution is 7.91. The zero-order valence-electron chi connectivity index (χ0n) is 20.9. The Bertz CT molecular complexity index is 1650. The first-order valence-corrected chi connectivity index (χ1v) is 14.9. The van der Waals surface area contributed by atoms with Gasteiger partial charge in [-0.1, -0.05) is 44.2 Å². The van der Waals surface area contributed by atoms with Crippen LogP contribution in [0.1, 0.15) is 58.3 Å². The number of hydrogen-bond acceptors (Lipinski definition) is 9. The molecule has 2 aliphatic carbocycles. The van der Waals surface area contributed by atoms with Crippen molar-refractivity contribution in [3.63, 3.8) is 0 Å². The molecule has 2 saturated carbocycles. The summed E-state index contributed by atoms with van der Waals surface area (Å²) in [7, 11) is -3.73. The van der Waals surface area contributed by atoms with Gasteiger partial charge in [-0.2, -0.15) is 4.98 Å². The maximum Gasteiger partial charge on any atom is 0.434 e. The van der Waals surface area contributed by atoms with E-state index in [1.54, 1.807) is 16.8 Å². The van der Waals surface area contributed by atoms with E-state index in [0.29, 0.717) is 53.0 Å². The number of sulfone groups is 1. The van der Waals surface area contributed by atoms with Gasteiger partial charge in [0.2, 0.25) is 20.8 Å². The lowest BCUT2D eigenvalue weighted by atomic mass is 9.83. The molecule has 6 rings (SSSR count). The largest absolute Gasteiger partial charge is 0.434 e. The molecule has 11 nitrogen and oxygen atoms in total. The van der Waals surface area contributed by atoms with Crippen molar-refractivity contribution in [1.82, 2.24) is 34.7 Å². The minimum Gasteiger partial charge on any atom is -0.384 e. The quantitative estimate of drug-likeness (QED) is 0.363. The monoisotopic (exact) mass is 557 g/mol. The number of fused-ring (bicyclic) bond motifs is 1. The summed E-state index contributed by atoms with van der Waals surface area (Å²) in [5.41, 5.74) is 1.64. The first-order valence-electron chi connectivity index (χ1n) is 13.0. The summed E-state index contributed by atoms with van der Waals surface area (Å²) >= 11 is 6.28. The highest BCUT2D eigenvalue weighted by Crippen LogP contribution is 2.37. The van der Waals surface area contributed by atoms with Gasteiger partial charge in [-0.05, 0) is 43.6 Å². The fourth-order valence-corrected chi connectivity index (χ4v) is 7.80. The lowest BCUT2D eigenvalue weighted by molar-refractivity contribution is 0.261. The number of H-pyrrole nitrogens is 1. The smallest absolute Gasteiger partial charge is 0.384 e. The van der Waals surface area contributed by atoms with Crippen LogP contribution in [0.3, 0.4) is 0 Å². The molecule has 0 aliphatic heterocycles. The fourth-order valence-electron chi connectivity index (χ4n) is 5.68. The molecule has 4 aromatic heterocycles. The van der Waals surface area contributed by atoms with Crippen molar-refractivity contribution >= 4 is 32.6 Å². The molecule has 200 valence electrons. The topological polar surface area (TPSA) is 150 Å². The number of nitrogens with zero attached hydrogens (tertiary/aromatic N) is 6. The van der Waals surface area contributed by atoms with E-state index in [2.05, 4.69) is 37.1 Å². The van der Waals surface area contributed by atoms with Crippen molar-refractivity contribution in [2.24, 2.45) is 11.8 Å². The molecule has 0 bridgehead atoms. The number of hydrogen-bond donors (Lipinski definition) is 1. The molecule has 4 aromatic rings. The molecule has 1 N–H and O–H groups in total. The fraction of sp³-hybridized carbons (Fsp3) is 0.520. The molecule has 13 heteroatoms. The van der Waals surface area contributed by atoms with Gasteiger partial charge in [0.25, 0.3) is 5.89 Å². The molecular weight excluding hydrogens is 530 g/mol. The molecule has 38 heavy (non-hydrogen) atoms. The van der Waals surface area contributed by atoms with E-state index in [1.807, 2.05) is 0 Å². The first-order chi connectivity index (χ1) is 18.3. The van der Waals surface area contributed by atoms with Crippen molar-refractivity contribution in [1.29, 1.82) is 0 Å². The van der Waals surface area contributed by atoms with Crippen molar-refractivity contribution in [2.45, 2.75) is 75.2 Å². The van der Waals surface area contributed by atoms with Crippen LogP contribution < -0.4 is 5.76 Å². The van der Waals surface area contributed by atoms with Gasteiger partial charge in [0, 0.05) is 24.5 Å². The van der Waals surface area contributed by atoms with E-state index >= 15 is 0 Å². The second-order valence-electron chi connectivity index (χ2n) is 10.5. The molecular formula is C25H28ClN7O4S. The van der Waals surface area contributed by atoms with Gasteiger partial charge in [-0.3, -0.25) is 4.98 Å². The number of aromatic amines is 1. The number of rotatable bonds is 6. The molecule has 0 amide bonds. The maximum absolute atomic E-state index is 13.9. The number of nitrogens with one attached hydrogen (secondary N) is 1. The Hall–Kier alpha value is -3.12. The van der Waals surface area contributed by atoms with Gasteiger partial charge in [0.1, 0.15) is 11.2 Å². The summed E-state index contributed by atoms with van der Waals surface area (Å²) in [6, 6.07) is 1.70. The van der Waals surface area contributed by atoms with Crippen LogP contribution in [0.25, 0.3) is 34.1 Å². The van der Waals surface area contributed by atoms with Gasteiger partial charge in [0.15, 0.2) is 5.65 Å². The molecule has 0 spiro atoms. The van der Waals surface area contributed by atoms with Crippen LogP contribution in [-0.2, 0) is 16.4 Å². The molecule has 0 radical (unpaired) electrons. The molecule has 0 atom stereocenters. The Labute approximate surface area is 224 Å². The van der Waals surface area contributed by atoms with E-state index in [9.17, 15) is 13.2 Å². The lowest BCUT2D eigenvalue weighted by Crippen LogP contribution is -2.25. The second-order valence-corrected chi connectivity index (χ2v) is 13.0. The number of halogens is 1. The summed E-state index contributed by atoms with van der Waals surface area (Å²) in [6.45, 7) is 2.75. The predicted octanol–water partition coefficient (Wildman–Crippen LogP) is 4.43. The van der Waals surface area contributed by atoms with E-state index in [1.165, 1.54) is 6.20 Å².